The van der Waals surface area contributed by atoms with E-state index in [9.17, 15) is 9.59 Å². The van der Waals surface area contributed by atoms with E-state index in [1.807, 2.05) is 45.0 Å². The summed E-state index contributed by atoms with van der Waals surface area (Å²) in [7, 11) is 0. The molecule has 2 heterocycles. The molecule has 1 aliphatic heterocycles. The van der Waals surface area contributed by atoms with Crippen molar-refractivity contribution in [2.24, 2.45) is 17.8 Å². The fourth-order valence-corrected chi connectivity index (χ4v) is 7.98. The van der Waals surface area contributed by atoms with Crippen LogP contribution >= 0.6 is 0 Å². The fraction of sp³-hybridized carbons (Fsp3) is 0.656. The molecular weight excluding hydrogens is 518 g/mol. The van der Waals surface area contributed by atoms with Crippen LogP contribution in [-0.4, -0.2) is 77.4 Å². The number of aromatic nitrogens is 1. The van der Waals surface area contributed by atoms with Crippen LogP contribution in [0.1, 0.15) is 65.7 Å². The number of urea groups is 1. The number of nitrogens with zero attached hydrogens (tertiary/aromatic N) is 3. The summed E-state index contributed by atoms with van der Waals surface area (Å²) < 4.78 is 11.7. The van der Waals surface area contributed by atoms with Gasteiger partial charge in [0.1, 0.15) is 16.9 Å². The molecule has 4 saturated carbocycles. The van der Waals surface area contributed by atoms with E-state index in [1.165, 1.54) is 19.3 Å². The van der Waals surface area contributed by atoms with Gasteiger partial charge in [-0.25, -0.2) is 9.59 Å². The molecule has 4 bridgehead atoms. The normalized spacial score (nSPS) is 27.6. The largest absolute Gasteiger partial charge is 0.491 e. The maximum Gasteiger partial charge on any atom is 0.410 e. The van der Waals surface area contributed by atoms with E-state index in [0.29, 0.717) is 19.7 Å². The second kappa shape index (κ2) is 11.3. The summed E-state index contributed by atoms with van der Waals surface area (Å²) in [6.45, 7) is 10.2. The van der Waals surface area contributed by atoms with Crippen LogP contribution in [0.4, 0.5) is 15.3 Å². The lowest BCUT2D eigenvalue weighted by Gasteiger charge is -2.56. The van der Waals surface area contributed by atoms with Crippen molar-refractivity contribution in [3.63, 3.8) is 0 Å². The van der Waals surface area contributed by atoms with Gasteiger partial charge in [-0.3, -0.25) is 9.88 Å². The summed E-state index contributed by atoms with van der Waals surface area (Å²) in [5.41, 5.74) is 1.01. The van der Waals surface area contributed by atoms with Crippen LogP contribution < -0.4 is 15.4 Å². The van der Waals surface area contributed by atoms with Crippen LogP contribution in [0.2, 0.25) is 0 Å². The Morgan fingerprint density at radius 3 is 2.34 bits per heavy atom. The Hall–Kier alpha value is -3.07. The highest BCUT2D eigenvalue weighted by molar-refractivity contribution is 6.02. The van der Waals surface area contributed by atoms with E-state index >= 15 is 0 Å². The SMILES string of the molecule is CC(C)(C)OC(=O)N1CCN(CCCOc2ccc(NC(=O)NC34CC5CC(CC(C5)C3)C4)c3cccnc23)CC1. The third-order valence-electron chi connectivity index (χ3n) is 9.30. The summed E-state index contributed by atoms with van der Waals surface area (Å²) in [6, 6.07) is 7.60. The number of benzene rings is 1. The van der Waals surface area contributed by atoms with Crippen LogP contribution in [-0.2, 0) is 4.74 Å². The van der Waals surface area contributed by atoms with Gasteiger partial charge in [0.05, 0.1) is 12.3 Å². The van der Waals surface area contributed by atoms with Gasteiger partial charge in [-0.1, -0.05) is 0 Å². The molecule has 0 spiro atoms. The molecule has 2 N–H and O–H groups in total. The quantitative estimate of drug-likeness (QED) is 0.423. The molecule has 1 saturated heterocycles. The molecule has 4 aliphatic carbocycles. The lowest BCUT2D eigenvalue weighted by atomic mass is 9.53. The molecule has 1 aromatic carbocycles. The van der Waals surface area contributed by atoms with Gasteiger partial charge in [0, 0.05) is 49.8 Å². The van der Waals surface area contributed by atoms with E-state index in [0.717, 1.165) is 85.4 Å². The van der Waals surface area contributed by atoms with Crippen LogP contribution in [0, 0.1) is 17.8 Å². The van der Waals surface area contributed by atoms with Crippen molar-refractivity contribution < 1.29 is 19.1 Å². The summed E-state index contributed by atoms with van der Waals surface area (Å²) >= 11 is 0. The fourth-order valence-electron chi connectivity index (χ4n) is 7.98. The number of hydrogen-bond acceptors (Lipinski definition) is 6. The number of amides is 3. The average molecular weight is 564 g/mol. The zero-order valence-corrected chi connectivity index (χ0v) is 24.8. The Morgan fingerprint density at radius 1 is 1.00 bits per heavy atom. The summed E-state index contributed by atoms with van der Waals surface area (Å²) in [4.78, 5) is 34.2. The van der Waals surface area contributed by atoms with Crippen molar-refractivity contribution in [3.05, 3.63) is 30.5 Å². The third kappa shape index (κ3) is 6.55. The molecule has 0 radical (unpaired) electrons. The van der Waals surface area contributed by atoms with Crippen molar-refractivity contribution >= 4 is 28.7 Å². The average Bonchev–Trinajstić information content (AvgIpc) is 2.90. The van der Waals surface area contributed by atoms with Gasteiger partial charge < -0.3 is 25.0 Å². The highest BCUT2D eigenvalue weighted by atomic mass is 16.6. The summed E-state index contributed by atoms with van der Waals surface area (Å²) in [6.07, 6.45) is 9.83. The minimum absolute atomic E-state index is 0.0294. The van der Waals surface area contributed by atoms with Gasteiger partial charge in [0.2, 0.25) is 0 Å². The van der Waals surface area contributed by atoms with Gasteiger partial charge in [-0.05, 0) is 108 Å². The number of hydrogen-bond donors (Lipinski definition) is 2. The number of fused-ring (bicyclic) bond motifs is 1. The zero-order valence-electron chi connectivity index (χ0n) is 24.8. The van der Waals surface area contributed by atoms with Gasteiger partial charge >= 0.3 is 12.1 Å². The van der Waals surface area contributed by atoms with Gasteiger partial charge in [0.15, 0.2) is 0 Å². The summed E-state index contributed by atoms with van der Waals surface area (Å²) in [5.74, 6) is 3.07. The number of piperazine rings is 1. The molecule has 2 aromatic rings. The molecule has 222 valence electrons. The molecule has 0 unspecified atom stereocenters. The Kier molecular flexibility index (Phi) is 7.74. The first-order valence-electron chi connectivity index (χ1n) is 15.4. The lowest BCUT2D eigenvalue weighted by Crippen LogP contribution is -2.60. The van der Waals surface area contributed by atoms with E-state index in [1.54, 1.807) is 11.1 Å². The van der Waals surface area contributed by atoms with E-state index in [-0.39, 0.29) is 17.7 Å². The first-order valence-corrected chi connectivity index (χ1v) is 15.4. The van der Waals surface area contributed by atoms with Crippen molar-refractivity contribution in [1.82, 2.24) is 20.1 Å². The second-order valence-corrected chi connectivity index (χ2v) is 13.8. The Bertz CT molecular complexity index is 1230. The standard InChI is InChI=1S/C32H45N5O4/c1-31(2,3)41-30(39)37-13-11-36(12-14-37)10-5-15-40-27-8-7-26(25-6-4-9-33-28(25)27)34-29(38)35-32-19-22-16-23(20-32)18-24(17-22)21-32/h4,6-9,22-24H,5,10-21H2,1-3H3,(H2,34,35,38). The minimum atomic E-state index is -0.473. The van der Waals surface area contributed by atoms with Gasteiger partial charge in [-0.15, -0.1) is 0 Å². The van der Waals surface area contributed by atoms with Crippen LogP contribution in [0.5, 0.6) is 5.75 Å². The third-order valence-corrected chi connectivity index (χ3v) is 9.30. The maximum absolute atomic E-state index is 13.2. The number of carbonyl (C=O) groups excluding carboxylic acids is 2. The first kappa shape index (κ1) is 28.1. The smallest absolute Gasteiger partial charge is 0.410 e. The highest BCUT2D eigenvalue weighted by Gasteiger charge is 2.51. The number of anilines is 1. The lowest BCUT2D eigenvalue weighted by molar-refractivity contribution is -0.0127. The van der Waals surface area contributed by atoms with Crippen LogP contribution in [0.15, 0.2) is 30.5 Å². The van der Waals surface area contributed by atoms with Gasteiger partial charge in [0.25, 0.3) is 0 Å². The maximum atomic E-state index is 13.2. The van der Waals surface area contributed by atoms with Crippen molar-refractivity contribution in [1.29, 1.82) is 0 Å². The molecule has 5 aliphatic rings. The molecule has 0 atom stereocenters. The number of pyridine rings is 1. The van der Waals surface area contributed by atoms with E-state index < -0.39 is 5.60 Å². The Morgan fingerprint density at radius 2 is 1.68 bits per heavy atom. The predicted octanol–water partition coefficient (Wildman–Crippen LogP) is 5.65. The molecule has 3 amide bonds. The van der Waals surface area contributed by atoms with Crippen molar-refractivity contribution in [2.75, 3.05) is 44.6 Å². The Balaban J connectivity index is 0.997. The minimum Gasteiger partial charge on any atom is -0.491 e. The monoisotopic (exact) mass is 563 g/mol. The molecule has 9 nitrogen and oxygen atoms in total. The first-order chi connectivity index (χ1) is 19.6. The van der Waals surface area contributed by atoms with Gasteiger partial charge in [-0.2, -0.15) is 0 Å². The van der Waals surface area contributed by atoms with E-state index in [4.69, 9.17) is 9.47 Å². The number of nitrogens with one attached hydrogen (secondary N) is 2. The number of ether oxygens (including phenoxy) is 2. The van der Waals surface area contributed by atoms with E-state index in [2.05, 4.69) is 20.5 Å². The molecule has 7 rings (SSSR count). The highest BCUT2D eigenvalue weighted by Crippen LogP contribution is 2.55. The van der Waals surface area contributed by atoms with Crippen molar-refractivity contribution in [3.8, 4) is 5.75 Å². The zero-order chi connectivity index (χ0) is 28.6. The Labute approximate surface area is 243 Å². The topological polar surface area (TPSA) is 96.0 Å². The molecule has 5 fully saturated rings. The molecule has 9 heteroatoms. The molecule has 1 aromatic heterocycles. The molecular formula is C32H45N5O4. The predicted molar refractivity (Wildman–Crippen MR) is 159 cm³/mol. The number of rotatable bonds is 7. The second-order valence-electron chi connectivity index (χ2n) is 13.8. The van der Waals surface area contributed by atoms with Crippen LogP contribution in [0.3, 0.4) is 0 Å². The molecule has 41 heavy (non-hydrogen) atoms. The van der Waals surface area contributed by atoms with Crippen LogP contribution in [0.25, 0.3) is 10.9 Å². The number of carbonyl (C=O) groups is 2. The van der Waals surface area contributed by atoms with Crippen molar-refractivity contribution in [2.45, 2.75) is 76.9 Å². The summed E-state index contributed by atoms with van der Waals surface area (Å²) in [5, 5.41) is 7.42.